The number of hydrogen-bond donors (Lipinski definition) is 2. The Kier molecular flexibility index (Phi) is 3.83. The molecule has 2 aromatic heterocycles. The first-order chi connectivity index (χ1) is 9.02. The maximum absolute atomic E-state index is 5.75. The zero-order chi connectivity index (χ0) is 13.9. The van der Waals surface area contributed by atoms with Crippen LogP contribution in [0.2, 0.25) is 0 Å². The van der Waals surface area contributed by atoms with E-state index in [4.69, 9.17) is 5.73 Å². The summed E-state index contributed by atoms with van der Waals surface area (Å²) in [5.41, 5.74) is 6.50. The third kappa shape index (κ3) is 3.30. The molecule has 0 aliphatic heterocycles. The van der Waals surface area contributed by atoms with Gasteiger partial charge in [0, 0.05) is 17.1 Å². The first kappa shape index (κ1) is 13.5. The lowest BCUT2D eigenvalue weighted by Gasteiger charge is -2.27. The molecule has 2 aromatic rings. The molecule has 0 saturated heterocycles. The summed E-state index contributed by atoms with van der Waals surface area (Å²) in [6, 6.07) is 1.91. The van der Waals surface area contributed by atoms with E-state index in [0.717, 1.165) is 23.1 Å². The molecule has 102 valence electrons. The molecule has 5 heteroatoms. The summed E-state index contributed by atoms with van der Waals surface area (Å²) in [6.45, 7) is 6.54. The largest absolute Gasteiger partial charge is 0.368 e. The van der Waals surface area contributed by atoms with Crippen LogP contribution in [0.1, 0.15) is 40.0 Å². The average Bonchev–Trinajstić information content (AvgIpc) is 2.36. The van der Waals surface area contributed by atoms with Gasteiger partial charge < -0.3 is 11.1 Å². The van der Waals surface area contributed by atoms with Crippen LogP contribution in [0.15, 0.2) is 18.5 Å². The second kappa shape index (κ2) is 5.38. The van der Waals surface area contributed by atoms with Crippen LogP contribution in [0, 0.1) is 0 Å². The van der Waals surface area contributed by atoms with Crippen LogP contribution >= 0.6 is 0 Å². The Balaban J connectivity index is 2.34. The fourth-order valence-electron chi connectivity index (χ4n) is 2.10. The Hall–Kier alpha value is -1.91. The lowest BCUT2D eigenvalue weighted by molar-refractivity contribution is 0.492. The molecule has 3 N–H and O–H groups in total. The van der Waals surface area contributed by atoms with Crippen LogP contribution in [0.5, 0.6) is 0 Å². The number of nitrogens with zero attached hydrogens (tertiary/aromatic N) is 3. The number of unbranched alkanes of at least 4 members (excludes halogenated alkanes) is 1. The number of hydrogen-bond acceptors (Lipinski definition) is 5. The summed E-state index contributed by atoms with van der Waals surface area (Å²) >= 11 is 0. The van der Waals surface area contributed by atoms with Gasteiger partial charge in [0.25, 0.3) is 0 Å². The van der Waals surface area contributed by atoms with Gasteiger partial charge in [0.15, 0.2) is 0 Å². The molecular weight excluding hydrogens is 238 g/mol. The van der Waals surface area contributed by atoms with Gasteiger partial charge in [-0.2, -0.15) is 4.98 Å². The van der Waals surface area contributed by atoms with Crippen LogP contribution in [-0.2, 0) is 0 Å². The Labute approximate surface area is 113 Å². The van der Waals surface area contributed by atoms with E-state index < -0.39 is 0 Å². The van der Waals surface area contributed by atoms with Crippen LogP contribution in [0.25, 0.3) is 10.9 Å². The Morgan fingerprint density at radius 1 is 1.32 bits per heavy atom. The number of fused-ring (bicyclic) bond motifs is 1. The molecule has 0 atom stereocenters. The van der Waals surface area contributed by atoms with E-state index in [1.54, 1.807) is 12.4 Å². The van der Waals surface area contributed by atoms with Crippen molar-refractivity contribution in [1.82, 2.24) is 15.0 Å². The van der Waals surface area contributed by atoms with Crippen molar-refractivity contribution >= 4 is 22.7 Å². The predicted molar refractivity (Wildman–Crippen MR) is 79.0 cm³/mol. The molecule has 0 aliphatic carbocycles. The van der Waals surface area contributed by atoms with Crippen LogP contribution in [0.4, 0.5) is 11.8 Å². The number of pyridine rings is 1. The van der Waals surface area contributed by atoms with Gasteiger partial charge in [0.05, 0.1) is 11.7 Å². The van der Waals surface area contributed by atoms with Gasteiger partial charge in [-0.15, -0.1) is 0 Å². The van der Waals surface area contributed by atoms with E-state index >= 15 is 0 Å². The van der Waals surface area contributed by atoms with E-state index in [1.165, 1.54) is 12.8 Å². The van der Waals surface area contributed by atoms with E-state index in [9.17, 15) is 0 Å². The molecule has 0 amide bonds. The van der Waals surface area contributed by atoms with Crippen molar-refractivity contribution in [2.45, 2.75) is 45.6 Å². The molecule has 2 heterocycles. The summed E-state index contributed by atoms with van der Waals surface area (Å²) in [7, 11) is 0. The minimum Gasteiger partial charge on any atom is -0.368 e. The topological polar surface area (TPSA) is 76.7 Å². The molecule has 2 rings (SSSR count). The molecule has 0 bridgehead atoms. The minimum absolute atomic E-state index is 0.0208. The predicted octanol–water partition coefficient (Wildman–Crippen LogP) is 2.99. The van der Waals surface area contributed by atoms with Crippen LogP contribution < -0.4 is 11.1 Å². The van der Waals surface area contributed by atoms with Crippen molar-refractivity contribution < 1.29 is 0 Å². The van der Waals surface area contributed by atoms with Crippen molar-refractivity contribution in [3.63, 3.8) is 0 Å². The molecule has 0 saturated carbocycles. The van der Waals surface area contributed by atoms with Crippen molar-refractivity contribution in [2.24, 2.45) is 0 Å². The third-order valence-corrected chi connectivity index (χ3v) is 3.13. The Morgan fingerprint density at radius 2 is 2.11 bits per heavy atom. The molecule has 0 unspecified atom stereocenters. The average molecular weight is 259 g/mol. The second-order valence-corrected chi connectivity index (χ2v) is 5.44. The summed E-state index contributed by atoms with van der Waals surface area (Å²) in [5.74, 6) is 1.06. The first-order valence-corrected chi connectivity index (χ1v) is 6.67. The lowest BCUT2D eigenvalue weighted by Crippen LogP contribution is -2.31. The van der Waals surface area contributed by atoms with Gasteiger partial charge in [-0.25, -0.2) is 4.98 Å². The smallest absolute Gasteiger partial charge is 0.222 e. The van der Waals surface area contributed by atoms with Crippen LogP contribution in [0.3, 0.4) is 0 Å². The lowest BCUT2D eigenvalue weighted by atomic mass is 9.97. The van der Waals surface area contributed by atoms with E-state index in [0.29, 0.717) is 0 Å². The molecule has 0 fully saturated rings. The Bertz CT molecular complexity index is 565. The number of anilines is 2. The summed E-state index contributed by atoms with van der Waals surface area (Å²) < 4.78 is 0. The van der Waals surface area contributed by atoms with Crippen molar-refractivity contribution in [2.75, 3.05) is 11.1 Å². The van der Waals surface area contributed by atoms with Crippen molar-refractivity contribution in [3.8, 4) is 0 Å². The van der Waals surface area contributed by atoms with Crippen molar-refractivity contribution in [1.29, 1.82) is 0 Å². The fourth-order valence-corrected chi connectivity index (χ4v) is 2.10. The van der Waals surface area contributed by atoms with E-state index in [2.05, 4.69) is 41.0 Å². The quantitative estimate of drug-likeness (QED) is 0.863. The normalized spacial score (nSPS) is 11.7. The molecular formula is C14H21N5. The second-order valence-electron chi connectivity index (χ2n) is 5.44. The Morgan fingerprint density at radius 3 is 2.84 bits per heavy atom. The molecule has 19 heavy (non-hydrogen) atoms. The summed E-state index contributed by atoms with van der Waals surface area (Å²) in [5, 5.41) is 4.43. The highest BCUT2D eigenvalue weighted by atomic mass is 15.1. The molecule has 0 radical (unpaired) electrons. The van der Waals surface area contributed by atoms with Crippen LogP contribution in [-0.4, -0.2) is 20.5 Å². The van der Waals surface area contributed by atoms with E-state index in [1.807, 2.05) is 6.07 Å². The number of nitrogen functional groups attached to an aromatic ring is 1. The zero-order valence-corrected chi connectivity index (χ0v) is 11.8. The maximum atomic E-state index is 5.75. The first-order valence-electron chi connectivity index (χ1n) is 6.67. The number of aromatic nitrogens is 3. The molecule has 0 aromatic carbocycles. The number of rotatable bonds is 5. The molecule has 0 spiro atoms. The van der Waals surface area contributed by atoms with Gasteiger partial charge in [-0.3, -0.25) is 4.98 Å². The fraction of sp³-hybridized carbons (Fsp3) is 0.500. The SMILES string of the molecule is CCCCC(C)(C)Nc1nc(N)nc2cnccc12. The van der Waals surface area contributed by atoms with Gasteiger partial charge in [0.2, 0.25) is 5.95 Å². The van der Waals surface area contributed by atoms with Gasteiger partial charge >= 0.3 is 0 Å². The van der Waals surface area contributed by atoms with Gasteiger partial charge in [-0.1, -0.05) is 19.8 Å². The maximum Gasteiger partial charge on any atom is 0.222 e. The summed E-state index contributed by atoms with van der Waals surface area (Å²) in [4.78, 5) is 12.6. The van der Waals surface area contributed by atoms with Gasteiger partial charge in [-0.05, 0) is 26.3 Å². The van der Waals surface area contributed by atoms with Gasteiger partial charge in [0.1, 0.15) is 5.82 Å². The number of nitrogens with one attached hydrogen (secondary N) is 1. The number of nitrogens with two attached hydrogens (primary N) is 1. The zero-order valence-electron chi connectivity index (χ0n) is 11.8. The monoisotopic (exact) mass is 259 g/mol. The summed E-state index contributed by atoms with van der Waals surface area (Å²) in [6.07, 6.45) is 6.89. The highest BCUT2D eigenvalue weighted by molar-refractivity contribution is 5.89. The minimum atomic E-state index is -0.0208. The standard InChI is InChI=1S/C14H21N5/c1-4-5-7-14(2,3)19-12-10-6-8-16-9-11(10)17-13(15)18-12/h6,8-9H,4-5,7H2,1-3H3,(H3,15,17,18,19). The van der Waals surface area contributed by atoms with Crippen molar-refractivity contribution in [3.05, 3.63) is 18.5 Å². The highest BCUT2D eigenvalue weighted by Crippen LogP contribution is 2.25. The third-order valence-electron chi connectivity index (χ3n) is 3.13. The molecule has 0 aliphatic rings. The molecule has 5 nitrogen and oxygen atoms in total. The van der Waals surface area contributed by atoms with E-state index in [-0.39, 0.29) is 11.5 Å². The highest BCUT2D eigenvalue weighted by Gasteiger charge is 2.19.